The Hall–Kier alpha value is -2.41. The molecule has 0 fully saturated rings. The Bertz CT molecular complexity index is 661. The van der Waals surface area contributed by atoms with Crippen LogP contribution < -0.4 is 15.4 Å². The summed E-state index contributed by atoms with van der Waals surface area (Å²) in [6, 6.07) is 8.01. The van der Waals surface area contributed by atoms with Crippen molar-refractivity contribution in [2.24, 2.45) is 0 Å². The van der Waals surface area contributed by atoms with Crippen molar-refractivity contribution >= 4 is 11.9 Å². The molecule has 2 N–H and O–H groups in total. The minimum atomic E-state index is 0.00482. The SMILES string of the molecule is COc1cccc(CN(C)[C@@H](C)c2nc(N)nc(N(C)C)n2)c1. The van der Waals surface area contributed by atoms with E-state index in [1.807, 2.05) is 51.2 Å². The van der Waals surface area contributed by atoms with Crippen molar-refractivity contribution in [3.63, 3.8) is 0 Å². The molecule has 0 amide bonds. The van der Waals surface area contributed by atoms with Crippen molar-refractivity contribution in [3.8, 4) is 5.75 Å². The van der Waals surface area contributed by atoms with Crippen LogP contribution in [0.1, 0.15) is 24.4 Å². The number of aromatic nitrogens is 3. The molecule has 1 aromatic heterocycles. The first-order chi connectivity index (χ1) is 10.9. The molecular weight excluding hydrogens is 292 g/mol. The predicted molar refractivity (Wildman–Crippen MR) is 91.4 cm³/mol. The summed E-state index contributed by atoms with van der Waals surface area (Å²) in [6.45, 7) is 2.80. The number of methoxy groups -OCH3 is 1. The fraction of sp³-hybridized carbons (Fsp3) is 0.438. The Balaban J connectivity index is 2.17. The van der Waals surface area contributed by atoms with E-state index >= 15 is 0 Å². The zero-order valence-corrected chi connectivity index (χ0v) is 14.3. The van der Waals surface area contributed by atoms with Gasteiger partial charge in [0.25, 0.3) is 0 Å². The zero-order chi connectivity index (χ0) is 17.0. The maximum atomic E-state index is 5.80. The minimum absolute atomic E-state index is 0.00482. The molecule has 0 spiro atoms. The summed E-state index contributed by atoms with van der Waals surface area (Å²) in [5.41, 5.74) is 6.96. The van der Waals surface area contributed by atoms with Gasteiger partial charge in [-0.1, -0.05) is 12.1 Å². The van der Waals surface area contributed by atoms with E-state index in [2.05, 4.69) is 25.9 Å². The number of nitrogens with two attached hydrogens (primary N) is 1. The maximum Gasteiger partial charge on any atom is 0.229 e. The molecule has 124 valence electrons. The molecule has 0 aliphatic heterocycles. The summed E-state index contributed by atoms with van der Waals surface area (Å²) < 4.78 is 5.27. The third-order valence-corrected chi connectivity index (χ3v) is 3.66. The van der Waals surface area contributed by atoms with E-state index in [1.165, 1.54) is 0 Å². The van der Waals surface area contributed by atoms with Crippen molar-refractivity contribution < 1.29 is 4.74 Å². The molecular formula is C16H24N6O. The lowest BCUT2D eigenvalue weighted by molar-refractivity contribution is 0.243. The van der Waals surface area contributed by atoms with E-state index in [0.29, 0.717) is 11.8 Å². The fourth-order valence-corrected chi connectivity index (χ4v) is 2.18. The highest BCUT2D eigenvalue weighted by atomic mass is 16.5. The molecule has 7 heteroatoms. The minimum Gasteiger partial charge on any atom is -0.497 e. The molecule has 0 unspecified atom stereocenters. The predicted octanol–water partition coefficient (Wildman–Crippen LogP) is 1.72. The van der Waals surface area contributed by atoms with E-state index in [0.717, 1.165) is 17.9 Å². The van der Waals surface area contributed by atoms with Crippen LogP contribution in [0, 0.1) is 0 Å². The van der Waals surface area contributed by atoms with E-state index in [-0.39, 0.29) is 12.0 Å². The van der Waals surface area contributed by atoms with Gasteiger partial charge in [0, 0.05) is 20.6 Å². The molecule has 0 bridgehead atoms. The Morgan fingerprint density at radius 2 is 1.91 bits per heavy atom. The number of benzene rings is 1. The van der Waals surface area contributed by atoms with Crippen LogP contribution in [0.5, 0.6) is 5.75 Å². The van der Waals surface area contributed by atoms with E-state index in [1.54, 1.807) is 7.11 Å². The molecule has 23 heavy (non-hydrogen) atoms. The van der Waals surface area contributed by atoms with Gasteiger partial charge in [-0.15, -0.1) is 0 Å². The lowest BCUT2D eigenvalue weighted by atomic mass is 10.2. The van der Waals surface area contributed by atoms with Gasteiger partial charge in [-0.05, 0) is 31.7 Å². The van der Waals surface area contributed by atoms with E-state index in [4.69, 9.17) is 10.5 Å². The van der Waals surface area contributed by atoms with Crippen molar-refractivity contribution in [1.29, 1.82) is 0 Å². The molecule has 7 nitrogen and oxygen atoms in total. The number of anilines is 2. The van der Waals surface area contributed by atoms with Crippen LogP contribution in [0.2, 0.25) is 0 Å². The third kappa shape index (κ3) is 4.29. The van der Waals surface area contributed by atoms with Crippen LogP contribution in [-0.4, -0.2) is 48.1 Å². The fourth-order valence-electron chi connectivity index (χ4n) is 2.18. The monoisotopic (exact) mass is 316 g/mol. The smallest absolute Gasteiger partial charge is 0.229 e. The van der Waals surface area contributed by atoms with Crippen LogP contribution in [0.25, 0.3) is 0 Å². The molecule has 2 rings (SSSR count). The summed E-state index contributed by atoms with van der Waals surface area (Å²) >= 11 is 0. The average molecular weight is 316 g/mol. The molecule has 1 aromatic carbocycles. The summed E-state index contributed by atoms with van der Waals surface area (Å²) in [6.07, 6.45) is 0. The van der Waals surface area contributed by atoms with Gasteiger partial charge in [-0.3, -0.25) is 4.90 Å². The lowest BCUT2D eigenvalue weighted by Gasteiger charge is -2.24. The largest absolute Gasteiger partial charge is 0.497 e. The Labute approximate surface area is 137 Å². The molecule has 0 saturated carbocycles. The van der Waals surface area contributed by atoms with Gasteiger partial charge < -0.3 is 15.4 Å². The summed E-state index contributed by atoms with van der Waals surface area (Å²) in [5, 5.41) is 0. The first-order valence-electron chi connectivity index (χ1n) is 7.42. The first kappa shape index (κ1) is 17.0. The average Bonchev–Trinajstić information content (AvgIpc) is 2.53. The molecule has 0 aliphatic rings. The number of rotatable bonds is 6. The van der Waals surface area contributed by atoms with Gasteiger partial charge in [-0.2, -0.15) is 15.0 Å². The van der Waals surface area contributed by atoms with Gasteiger partial charge in [0.15, 0.2) is 5.82 Å². The summed E-state index contributed by atoms with van der Waals surface area (Å²) in [7, 11) is 7.45. The standard InChI is InChI=1S/C16H24N6O/c1-11(14-18-15(17)20-16(19-14)21(2)3)22(4)10-12-7-6-8-13(9-12)23-5/h6-9,11H,10H2,1-5H3,(H2,17,18,19,20)/t11-/m0/s1. The van der Waals surface area contributed by atoms with Gasteiger partial charge in [0.1, 0.15) is 5.75 Å². The van der Waals surface area contributed by atoms with Gasteiger partial charge in [-0.25, -0.2) is 0 Å². The molecule has 1 atom stereocenters. The third-order valence-electron chi connectivity index (χ3n) is 3.66. The van der Waals surface area contributed by atoms with E-state index < -0.39 is 0 Å². The number of hydrogen-bond acceptors (Lipinski definition) is 7. The van der Waals surface area contributed by atoms with Crippen LogP contribution >= 0.6 is 0 Å². The van der Waals surface area contributed by atoms with Gasteiger partial charge >= 0.3 is 0 Å². The highest BCUT2D eigenvalue weighted by molar-refractivity contribution is 5.33. The zero-order valence-electron chi connectivity index (χ0n) is 14.3. The van der Waals surface area contributed by atoms with Gasteiger partial charge in [0.2, 0.25) is 11.9 Å². The van der Waals surface area contributed by atoms with Crippen LogP contribution in [0.4, 0.5) is 11.9 Å². The molecule has 0 saturated heterocycles. The molecule has 2 aromatic rings. The number of ether oxygens (including phenoxy) is 1. The Morgan fingerprint density at radius 1 is 1.17 bits per heavy atom. The van der Waals surface area contributed by atoms with Crippen LogP contribution in [0.3, 0.4) is 0 Å². The molecule has 1 heterocycles. The highest BCUT2D eigenvalue weighted by Crippen LogP contribution is 2.21. The normalized spacial score (nSPS) is 12.3. The number of nitrogen functional groups attached to an aromatic ring is 1. The number of hydrogen-bond donors (Lipinski definition) is 1. The quantitative estimate of drug-likeness (QED) is 0.869. The van der Waals surface area contributed by atoms with Crippen LogP contribution in [0.15, 0.2) is 24.3 Å². The lowest BCUT2D eigenvalue weighted by Crippen LogP contribution is -2.25. The number of nitrogens with zero attached hydrogens (tertiary/aromatic N) is 5. The molecule has 0 aliphatic carbocycles. The molecule has 0 radical (unpaired) electrons. The van der Waals surface area contributed by atoms with Gasteiger partial charge in [0.05, 0.1) is 13.2 Å². The second-order valence-corrected chi connectivity index (χ2v) is 5.69. The van der Waals surface area contributed by atoms with Crippen molar-refractivity contribution in [1.82, 2.24) is 19.9 Å². The first-order valence-corrected chi connectivity index (χ1v) is 7.42. The van der Waals surface area contributed by atoms with Crippen molar-refractivity contribution in [2.75, 3.05) is 38.9 Å². The Morgan fingerprint density at radius 3 is 2.57 bits per heavy atom. The second-order valence-electron chi connectivity index (χ2n) is 5.69. The highest BCUT2D eigenvalue weighted by Gasteiger charge is 2.17. The summed E-state index contributed by atoms with van der Waals surface area (Å²) in [5.74, 6) is 2.31. The Kier molecular flexibility index (Phi) is 5.33. The summed E-state index contributed by atoms with van der Waals surface area (Å²) in [4.78, 5) is 16.9. The van der Waals surface area contributed by atoms with E-state index in [9.17, 15) is 0 Å². The van der Waals surface area contributed by atoms with Crippen molar-refractivity contribution in [3.05, 3.63) is 35.7 Å². The van der Waals surface area contributed by atoms with Crippen molar-refractivity contribution in [2.45, 2.75) is 19.5 Å². The topological polar surface area (TPSA) is 80.4 Å². The maximum absolute atomic E-state index is 5.80. The second kappa shape index (κ2) is 7.23. The van der Waals surface area contributed by atoms with Crippen LogP contribution in [-0.2, 0) is 6.54 Å².